The summed E-state index contributed by atoms with van der Waals surface area (Å²) >= 11 is 0. The highest BCUT2D eigenvalue weighted by molar-refractivity contribution is 7.89. The Kier molecular flexibility index (Phi) is 7.41. The fourth-order valence-electron chi connectivity index (χ4n) is 2.99. The fourth-order valence-corrected chi connectivity index (χ4v) is 4.49. The first-order valence-corrected chi connectivity index (χ1v) is 10.8. The topological polar surface area (TPSA) is 99.6 Å². The van der Waals surface area contributed by atoms with Gasteiger partial charge in [-0.3, -0.25) is 15.0 Å². The van der Waals surface area contributed by atoms with Crippen LogP contribution in [0.3, 0.4) is 0 Å². The third-order valence-corrected chi connectivity index (χ3v) is 6.58. The van der Waals surface area contributed by atoms with Gasteiger partial charge >= 0.3 is 0 Å². The Morgan fingerprint density at radius 2 is 1.70 bits per heavy atom. The Hall–Kier alpha value is -3.35. The summed E-state index contributed by atoms with van der Waals surface area (Å²) < 4.78 is 82.2. The summed E-state index contributed by atoms with van der Waals surface area (Å²) in [5, 5.41) is 8.69. The van der Waals surface area contributed by atoms with E-state index in [1.54, 1.807) is 12.1 Å². The zero-order valence-electron chi connectivity index (χ0n) is 16.8. The molecule has 1 amide bonds. The molecule has 174 valence electrons. The van der Waals surface area contributed by atoms with Gasteiger partial charge in [0.25, 0.3) is 5.91 Å². The molecule has 2 aromatic carbocycles. The van der Waals surface area contributed by atoms with Gasteiger partial charge < -0.3 is 0 Å². The maximum atomic E-state index is 14.3. The second-order valence-electron chi connectivity index (χ2n) is 6.89. The van der Waals surface area contributed by atoms with Gasteiger partial charge in [-0.25, -0.2) is 31.5 Å². The van der Waals surface area contributed by atoms with Crippen molar-refractivity contribution in [1.82, 2.24) is 14.8 Å². The van der Waals surface area contributed by atoms with Gasteiger partial charge in [-0.1, -0.05) is 18.2 Å². The summed E-state index contributed by atoms with van der Waals surface area (Å²) in [5.41, 5.74) is 2.53. The number of carbonyl (C=O) groups excluding carboxylic acids is 1. The SMILES string of the molecule is O=C(NO)c1ccc(CN(CCc2cccnc2)S(=O)(=O)c2cc(F)c(F)c(F)c2F)cc1. The van der Waals surface area contributed by atoms with Crippen LogP contribution in [0.5, 0.6) is 0 Å². The smallest absolute Gasteiger partial charge is 0.274 e. The first-order chi connectivity index (χ1) is 15.6. The minimum Gasteiger partial charge on any atom is -0.288 e. The van der Waals surface area contributed by atoms with Crippen molar-refractivity contribution in [3.05, 3.63) is 94.8 Å². The highest BCUT2D eigenvalue weighted by Crippen LogP contribution is 2.26. The molecule has 0 radical (unpaired) electrons. The van der Waals surface area contributed by atoms with E-state index in [0.717, 1.165) is 4.31 Å². The first-order valence-electron chi connectivity index (χ1n) is 9.40. The van der Waals surface area contributed by atoms with Crippen LogP contribution >= 0.6 is 0 Å². The van der Waals surface area contributed by atoms with Crippen molar-refractivity contribution < 1.29 is 36.0 Å². The standard InChI is InChI=1S/C21H17F4N3O4S/c22-16-10-17(19(24)20(25)18(16)23)33(31,32)28(9-7-13-2-1-8-26-11-13)12-14-3-5-15(6-4-14)21(29)27-30/h1-6,8,10-11,30H,7,9,12H2,(H,27,29). The average molecular weight is 483 g/mol. The van der Waals surface area contributed by atoms with Crippen molar-refractivity contribution in [2.45, 2.75) is 17.9 Å². The molecule has 3 rings (SSSR count). The lowest BCUT2D eigenvalue weighted by Gasteiger charge is -2.23. The number of aromatic nitrogens is 1. The van der Waals surface area contributed by atoms with E-state index in [-0.39, 0.29) is 31.1 Å². The van der Waals surface area contributed by atoms with Crippen molar-refractivity contribution in [1.29, 1.82) is 0 Å². The number of hydroxylamine groups is 1. The molecule has 0 unspecified atom stereocenters. The predicted octanol–water partition coefficient (Wildman–Crippen LogP) is 3.19. The number of amides is 1. The van der Waals surface area contributed by atoms with Crippen LogP contribution in [-0.4, -0.2) is 35.4 Å². The summed E-state index contributed by atoms with van der Waals surface area (Å²) in [6.07, 6.45) is 3.14. The van der Waals surface area contributed by atoms with Crippen molar-refractivity contribution >= 4 is 15.9 Å². The normalized spacial score (nSPS) is 11.6. The van der Waals surface area contributed by atoms with Gasteiger partial charge in [0.05, 0.1) is 0 Å². The van der Waals surface area contributed by atoms with E-state index in [1.165, 1.54) is 42.1 Å². The van der Waals surface area contributed by atoms with E-state index >= 15 is 0 Å². The van der Waals surface area contributed by atoms with Crippen molar-refractivity contribution in [3.63, 3.8) is 0 Å². The second-order valence-corrected chi connectivity index (χ2v) is 8.79. The molecule has 0 bridgehead atoms. The van der Waals surface area contributed by atoms with Crippen LogP contribution < -0.4 is 5.48 Å². The fraction of sp³-hybridized carbons (Fsp3) is 0.143. The molecule has 33 heavy (non-hydrogen) atoms. The molecule has 0 aliphatic carbocycles. The molecular formula is C21H17F4N3O4S. The number of nitrogens with zero attached hydrogens (tertiary/aromatic N) is 2. The minimum absolute atomic E-state index is 0.0831. The van der Waals surface area contributed by atoms with Gasteiger partial charge in [-0.2, -0.15) is 4.31 Å². The zero-order valence-corrected chi connectivity index (χ0v) is 17.6. The van der Waals surface area contributed by atoms with E-state index in [2.05, 4.69) is 4.98 Å². The highest BCUT2D eigenvalue weighted by atomic mass is 32.2. The van der Waals surface area contributed by atoms with Gasteiger partial charge in [-0.05, 0) is 35.7 Å². The third-order valence-electron chi connectivity index (χ3n) is 4.74. The number of rotatable bonds is 8. The Morgan fingerprint density at radius 3 is 2.30 bits per heavy atom. The van der Waals surface area contributed by atoms with Crippen LogP contribution in [0, 0.1) is 23.3 Å². The molecule has 3 aromatic rings. The quantitative estimate of drug-likeness (QED) is 0.169. The third kappa shape index (κ3) is 5.35. The van der Waals surface area contributed by atoms with Crippen molar-refractivity contribution in [2.24, 2.45) is 0 Å². The van der Waals surface area contributed by atoms with Gasteiger partial charge in [0.15, 0.2) is 23.3 Å². The van der Waals surface area contributed by atoms with Crippen molar-refractivity contribution in [2.75, 3.05) is 6.54 Å². The van der Waals surface area contributed by atoms with Crippen LogP contribution in [0.1, 0.15) is 21.5 Å². The maximum absolute atomic E-state index is 14.3. The first kappa shape index (κ1) is 24.3. The van der Waals surface area contributed by atoms with E-state index in [0.29, 0.717) is 11.1 Å². The number of hydrogen-bond donors (Lipinski definition) is 2. The average Bonchev–Trinajstić information content (AvgIpc) is 2.82. The van der Waals surface area contributed by atoms with E-state index in [1.807, 2.05) is 0 Å². The lowest BCUT2D eigenvalue weighted by atomic mass is 10.1. The molecule has 1 heterocycles. The molecular weight excluding hydrogens is 466 g/mol. The van der Waals surface area contributed by atoms with Crippen LogP contribution in [0.4, 0.5) is 17.6 Å². The molecule has 0 saturated carbocycles. The highest BCUT2D eigenvalue weighted by Gasteiger charge is 2.32. The summed E-state index contributed by atoms with van der Waals surface area (Å²) in [6, 6.07) is 8.80. The van der Waals surface area contributed by atoms with E-state index in [9.17, 15) is 30.8 Å². The summed E-state index contributed by atoms with van der Waals surface area (Å²) in [6.45, 7) is -0.587. The monoisotopic (exact) mass is 483 g/mol. The number of sulfonamides is 1. The number of halogens is 4. The Morgan fingerprint density at radius 1 is 1.00 bits per heavy atom. The molecule has 12 heteroatoms. The summed E-state index contributed by atoms with van der Waals surface area (Å²) in [7, 11) is -4.82. The van der Waals surface area contributed by atoms with Crippen LogP contribution in [0.2, 0.25) is 0 Å². The summed E-state index contributed by atoms with van der Waals surface area (Å²) in [5.74, 6) is -9.03. The van der Waals surface area contributed by atoms with Crippen LogP contribution in [0.15, 0.2) is 59.8 Å². The summed E-state index contributed by atoms with van der Waals surface area (Å²) in [4.78, 5) is 14.0. The van der Waals surface area contributed by atoms with Crippen LogP contribution in [-0.2, 0) is 23.0 Å². The molecule has 1 aromatic heterocycles. The second kappa shape index (κ2) is 10.1. The lowest BCUT2D eigenvalue weighted by Crippen LogP contribution is -2.33. The van der Waals surface area contributed by atoms with E-state index in [4.69, 9.17) is 5.21 Å². The number of pyridine rings is 1. The van der Waals surface area contributed by atoms with Crippen LogP contribution in [0.25, 0.3) is 0 Å². The Bertz CT molecular complexity index is 1260. The van der Waals surface area contributed by atoms with Gasteiger partial charge in [0.2, 0.25) is 10.0 Å². The minimum atomic E-state index is -4.82. The van der Waals surface area contributed by atoms with Gasteiger partial charge in [0.1, 0.15) is 4.90 Å². The molecule has 2 N–H and O–H groups in total. The molecule has 0 atom stereocenters. The molecule has 0 aliphatic heterocycles. The maximum Gasteiger partial charge on any atom is 0.274 e. The molecule has 0 aliphatic rings. The zero-order chi connectivity index (χ0) is 24.2. The largest absolute Gasteiger partial charge is 0.288 e. The van der Waals surface area contributed by atoms with Crippen molar-refractivity contribution in [3.8, 4) is 0 Å². The lowest BCUT2D eigenvalue weighted by molar-refractivity contribution is 0.0706. The number of hydrogen-bond acceptors (Lipinski definition) is 5. The predicted molar refractivity (Wildman–Crippen MR) is 108 cm³/mol. The Labute approximate surface area is 186 Å². The molecule has 0 saturated heterocycles. The molecule has 0 spiro atoms. The van der Waals surface area contributed by atoms with Gasteiger partial charge in [0, 0.05) is 37.1 Å². The Balaban J connectivity index is 1.98. The molecule has 0 fully saturated rings. The van der Waals surface area contributed by atoms with E-state index < -0.39 is 44.1 Å². The van der Waals surface area contributed by atoms with Gasteiger partial charge in [-0.15, -0.1) is 0 Å². The number of nitrogens with one attached hydrogen (secondary N) is 1. The molecule has 7 nitrogen and oxygen atoms in total. The number of benzene rings is 2. The number of carbonyl (C=O) groups is 1.